The zero-order valence-electron chi connectivity index (χ0n) is 15.0. The van der Waals surface area contributed by atoms with Gasteiger partial charge in [0.2, 0.25) is 0 Å². The molecule has 3 aromatic carbocycles. The minimum Gasteiger partial charge on any atom is -0.316 e. The zero-order valence-corrected chi connectivity index (χ0v) is 16.5. The average molecular weight is 399 g/mol. The number of halogens is 2. The Balaban J connectivity index is 1.79. The average Bonchev–Trinajstić information content (AvgIpc) is 2.67. The van der Waals surface area contributed by atoms with Crippen LogP contribution in [0.2, 0.25) is 10.0 Å². The maximum atomic E-state index is 12.9. The molecule has 0 spiro atoms. The van der Waals surface area contributed by atoms with E-state index in [4.69, 9.17) is 23.2 Å². The van der Waals surface area contributed by atoms with Crippen molar-refractivity contribution in [2.45, 2.75) is 20.0 Å². The molecule has 0 unspecified atom stereocenters. The van der Waals surface area contributed by atoms with Crippen LogP contribution in [0.1, 0.15) is 16.7 Å². The van der Waals surface area contributed by atoms with Gasteiger partial charge < -0.3 is 10.2 Å². The molecule has 0 aliphatic carbocycles. The first-order valence-corrected chi connectivity index (χ1v) is 9.37. The number of benzene rings is 3. The lowest BCUT2D eigenvalue weighted by molar-refractivity contribution is 0.206. The molecule has 5 heteroatoms. The molecule has 0 bridgehead atoms. The number of hydrogen-bond acceptors (Lipinski definition) is 1. The maximum absolute atomic E-state index is 12.9. The first kappa shape index (κ1) is 19.3. The van der Waals surface area contributed by atoms with Gasteiger partial charge in [-0.3, -0.25) is 0 Å². The molecule has 2 amide bonds. The Morgan fingerprint density at radius 3 is 2.11 bits per heavy atom. The van der Waals surface area contributed by atoms with Crippen LogP contribution in [0.3, 0.4) is 0 Å². The summed E-state index contributed by atoms with van der Waals surface area (Å²) in [6, 6.07) is 22.9. The summed E-state index contributed by atoms with van der Waals surface area (Å²) >= 11 is 12.0. The third-order valence-electron chi connectivity index (χ3n) is 4.17. The number of amides is 2. The Morgan fingerprint density at radius 2 is 1.48 bits per heavy atom. The second kappa shape index (κ2) is 8.94. The van der Waals surface area contributed by atoms with Gasteiger partial charge in [0, 0.05) is 18.8 Å². The molecule has 0 fully saturated rings. The van der Waals surface area contributed by atoms with Gasteiger partial charge in [-0.2, -0.15) is 0 Å². The van der Waals surface area contributed by atoms with Crippen molar-refractivity contribution in [1.82, 2.24) is 4.90 Å². The van der Waals surface area contributed by atoms with E-state index in [1.165, 1.54) is 5.56 Å². The number of nitrogens with one attached hydrogen (secondary N) is 1. The number of hydrogen-bond donors (Lipinski definition) is 1. The molecule has 0 atom stereocenters. The maximum Gasteiger partial charge on any atom is 0.322 e. The van der Waals surface area contributed by atoms with Crippen molar-refractivity contribution in [3.8, 4) is 0 Å². The van der Waals surface area contributed by atoms with Gasteiger partial charge in [-0.05, 0) is 36.2 Å². The summed E-state index contributed by atoms with van der Waals surface area (Å²) in [7, 11) is 0. The lowest BCUT2D eigenvalue weighted by atomic mass is 10.1. The zero-order chi connectivity index (χ0) is 19.2. The molecule has 3 rings (SSSR count). The van der Waals surface area contributed by atoms with Crippen molar-refractivity contribution in [1.29, 1.82) is 0 Å². The van der Waals surface area contributed by atoms with Gasteiger partial charge in [0.1, 0.15) is 0 Å². The normalized spacial score (nSPS) is 10.5. The fourth-order valence-corrected chi connectivity index (χ4v) is 2.99. The van der Waals surface area contributed by atoms with E-state index >= 15 is 0 Å². The van der Waals surface area contributed by atoms with E-state index in [9.17, 15) is 4.79 Å². The number of anilines is 1. The van der Waals surface area contributed by atoms with Crippen molar-refractivity contribution >= 4 is 34.9 Å². The van der Waals surface area contributed by atoms with Gasteiger partial charge in [-0.1, -0.05) is 83.4 Å². The van der Waals surface area contributed by atoms with Gasteiger partial charge in [0.25, 0.3) is 0 Å². The van der Waals surface area contributed by atoms with E-state index in [1.807, 2.05) is 61.5 Å². The standard InChI is InChI=1S/C22H20Cl2N2O/c1-16-7-9-18(10-8-16)15-26(14-17-5-3-2-4-6-17)22(27)25-19-11-12-20(23)21(24)13-19/h2-13H,14-15H2,1H3,(H,25,27). The Morgan fingerprint density at radius 1 is 0.852 bits per heavy atom. The lowest BCUT2D eigenvalue weighted by Crippen LogP contribution is -2.34. The minimum absolute atomic E-state index is 0.196. The van der Waals surface area contributed by atoms with E-state index < -0.39 is 0 Å². The number of carbonyl (C=O) groups excluding carboxylic acids is 1. The highest BCUT2D eigenvalue weighted by atomic mass is 35.5. The van der Waals surface area contributed by atoms with Crippen molar-refractivity contribution in [2.24, 2.45) is 0 Å². The molecule has 0 saturated heterocycles. The highest BCUT2D eigenvalue weighted by molar-refractivity contribution is 6.42. The van der Waals surface area contributed by atoms with Crippen LogP contribution in [-0.2, 0) is 13.1 Å². The quantitative estimate of drug-likeness (QED) is 0.519. The first-order chi connectivity index (χ1) is 13.0. The topological polar surface area (TPSA) is 32.3 Å². The van der Waals surface area contributed by atoms with E-state index in [0.29, 0.717) is 28.8 Å². The van der Waals surface area contributed by atoms with Crippen LogP contribution in [0.4, 0.5) is 10.5 Å². The second-order valence-corrected chi connectivity index (χ2v) is 7.20. The summed E-state index contributed by atoms with van der Waals surface area (Å²) < 4.78 is 0. The molecular formula is C22H20Cl2N2O. The third-order valence-corrected chi connectivity index (χ3v) is 4.91. The lowest BCUT2D eigenvalue weighted by Gasteiger charge is -2.24. The monoisotopic (exact) mass is 398 g/mol. The van der Waals surface area contributed by atoms with Gasteiger partial charge in [-0.15, -0.1) is 0 Å². The predicted molar refractivity (Wildman–Crippen MR) is 112 cm³/mol. The molecule has 0 heterocycles. The molecule has 1 N–H and O–H groups in total. The Bertz CT molecular complexity index is 911. The summed E-state index contributed by atoms with van der Waals surface area (Å²) in [6.45, 7) is 3.05. The van der Waals surface area contributed by atoms with Gasteiger partial charge in [-0.25, -0.2) is 4.79 Å². The fraction of sp³-hybridized carbons (Fsp3) is 0.136. The molecular weight excluding hydrogens is 379 g/mol. The van der Waals surface area contributed by atoms with Crippen LogP contribution < -0.4 is 5.32 Å². The van der Waals surface area contributed by atoms with Crippen LogP contribution in [0.25, 0.3) is 0 Å². The van der Waals surface area contributed by atoms with Crippen LogP contribution in [0.5, 0.6) is 0 Å². The van der Waals surface area contributed by atoms with Crippen molar-refractivity contribution < 1.29 is 4.79 Å². The number of aryl methyl sites for hydroxylation is 1. The smallest absolute Gasteiger partial charge is 0.316 e. The van der Waals surface area contributed by atoms with Crippen molar-refractivity contribution in [3.05, 3.63) is 99.5 Å². The van der Waals surface area contributed by atoms with Gasteiger partial charge in [0.05, 0.1) is 10.0 Å². The number of urea groups is 1. The Labute approximate surface area is 169 Å². The van der Waals surface area contributed by atoms with Gasteiger partial charge >= 0.3 is 6.03 Å². The largest absolute Gasteiger partial charge is 0.322 e. The van der Waals surface area contributed by atoms with E-state index in [-0.39, 0.29) is 6.03 Å². The summed E-state index contributed by atoms with van der Waals surface area (Å²) in [5, 5.41) is 3.77. The molecule has 0 aliphatic heterocycles. The predicted octanol–water partition coefficient (Wildman–Crippen LogP) is 6.54. The second-order valence-electron chi connectivity index (χ2n) is 6.39. The summed E-state index contributed by atoms with van der Waals surface area (Å²) in [5.74, 6) is 0. The molecule has 138 valence electrons. The third kappa shape index (κ3) is 5.49. The van der Waals surface area contributed by atoms with E-state index in [2.05, 4.69) is 5.32 Å². The van der Waals surface area contributed by atoms with Crippen LogP contribution in [-0.4, -0.2) is 10.9 Å². The van der Waals surface area contributed by atoms with Crippen LogP contribution in [0.15, 0.2) is 72.8 Å². The Kier molecular flexibility index (Phi) is 6.38. The molecule has 0 radical (unpaired) electrons. The minimum atomic E-state index is -0.196. The van der Waals surface area contributed by atoms with Crippen LogP contribution in [0, 0.1) is 6.92 Å². The summed E-state index contributed by atoms with van der Waals surface area (Å²) in [4.78, 5) is 14.7. The highest BCUT2D eigenvalue weighted by Crippen LogP contribution is 2.25. The molecule has 27 heavy (non-hydrogen) atoms. The fourth-order valence-electron chi connectivity index (χ4n) is 2.69. The van der Waals surface area contributed by atoms with Crippen molar-refractivity contribution in [2.75, 3.05) is 5.32 Å². The summed E-state index contributed by atoms with van der Waals surface area (Å²) in [5.41, 5.74) is 3.93. The number of rotatable bonds is 5. The Hall–Kier alpha value is -2.49. The van der Waals surface area contributed by atoms with E-state index in [1.54, 1.807) is 23.1 Å². The number of carbonyl (C=O) groups is 1. The van der Waals surface area contributed by atoms with Crippen LogP contribution >= 0.6 is 23.2 Å². The molecule has 3 nitrogen and oxygen atoms in total. The number of nitrogens with zero attached hydrogens (tertiary/aromatic N) is 1. The van der Waals surface area contributed by atoms with Gasteiger partial charge in [0.15, 0.2) is 0 Å². The molecule has 0 aromatic heterocycles. The highest BCUT2D eigenvalue weighted by Gasteiger charge is 2.15. The van der Waals surface area contributed by atoms with E-state index in [0.717, 1.165) is 11.1 Å². The molecule has 0 saturated carbocycles. The summed E-state index contributed by atoms with van der Waals surface area (Å²) in [6.07, 6.45) is 0. The first-order valence-electron chi connectivity index (χ1n) is 8.62. The van der Waals surface area contributed by atoms with Crippen molar-refractivity contribution in [3.63, 3.8) is 0 Å². The molecule has 3 aromatic rings. The molecule has 0 aliphatic rings. The SMILES string of the molecule is Cc1ccc(CN(Cc2ccccc2)C(=O)Nc2ccc(Cl)c(Cl)c2)cc1.